The molecule has 0 saturated heterocycles. The first-order valence-electron chi connectivity index (χ1n) is 8.76. The predicted molar refractivity (Wildman–Crippen MR) is 101 cm³/mol. The SMILES string of the molecule is C[C@@H](c1ccc(-n2cncn2)cc1)N(C)CN1C(=O)C(=O)c2cc(F)ccc21. The zero-order valence-electron chi connectivity index (χ0n) is 15.4. The molecular formula is C20H18FN5O2. The topological polar surface area (TPSA) is 71.3 Å². The number of ketones is 1. The van der Waals surface area contributed by atoms with E-state index in [1.807, 2.05) is 43.1 Å². The normalized spacial score (nSPS) is 14.6. The predicted octanol–water partition coefficient (Wildman–Crippen LogP) is 2.59. The van der Waals surface area contributed by atoms with Crippen LogP contribution in [0, 0.1) is 5.82 Å². The number of anilines is 1. The highest BCUT2D eigenvalue weighted by Crippen LogP contribution is 2.31. The highest BCUT2D eigenvalue weighted by atomic mass is 19.1. The largest absolute Gasteiger partial charge is 0.300 e. The molecule has 7 nitrogen and oxygen atoms in total. The van der Waals surface area contributed by atoms with Crippen molar-refractivity contribution in [3.05, 3.63) is 72.1 Å². The third-order valence-electron chi connectivity index (χ3n) is 5.02. The van der Waals surface area contributed by atoms with Gasteiger partial charge in [0.1, 0.15) is 18.5 Å². The van der Waals surface area contributed by atoms with Gasteiger partial charge in [-0.15, -0.1) is 0 Å². The van der Waals surface area contributed by atoms with Crippen LogP contribution in [0.4, 0.5) is 10.1 Å². The Kier molecular flexibility index (Phi) is 4.48. The molecule has 2 aromatic carbocycles. The quantitative estimate of drug-likeness (QED) is 0.637. The van der Waals surface area contributed by atoms with Gasteiger partial charge in [-0.1, -0.05) is 12.1 Å². The van der Waals surface area contributed by atoms with Gasteiger partial charge in [0.15, 0.2) is 0 Å². The van der Waals surface area contributed by atoms with Crippen molar-refractivity contribution in [1.82, 2.24) is 19.7 Å². The van der Waals surface area contributed by atoms with Crippen molar-refractivity contribution in [3.8, 4) is 5.69 Å². The first-order chi connectivity index (χ1) is 13.5. The molecule has 3 aromatic rings. The van der Waals surface area contributed by atoms with Crippen molar-refractivity contribution in [1.29, 1.82) is 0 Å². The summed E-state index contributed by atoms with van der Waals surface area (Å²) in [6.07, 6.45) is 3.10. The zero-order valence-corrected chi connectivity index (χ0v) is 15.4. The fourth-order valence-electron chi connectivity index (χ4n) is 3.26. The summed E-state index contributed by atoms with van der Waals surface area (Å²) in [7, 11) is 1.87. The molecule has 0 unspecified atom stereocenters. The van der Waals surface area contributed by atoms with Gasteiger partial charge in [0, 0.05) is 6.04 Å². The van der Waals surface area contributed by atoms with Crippen LogP contribution in [0.3, 0.4) is 0 Å². The Bertz CT molecular complexity index is 1030. The van der Waals surface area contributed by atoms with E-state index >= 15 is 0 Å². The summed E-state index contributed by atoms with van der Waals surface area (Å²) in [4.78, 5) is 31.8. The van der Waals surface area contributed by atoms with E-state index in [1.165, 1.54) is 23.4 Å². The number of amides is 1. The van der Waals surface area contributed by atoms with Gasteiger partial charge < -0.3 is 0 Å². The van der Waals surface area contributed by atoms with Crippen LogP contribution in [0.25, 0.3) is 5.69 Å². The molecule has 0 radical (unpaired) electrons. The van der Waals surface area contributed by atoms with E-state index in [1.54, 1.807) is 11.0 Å². The molecule has 0 saturated carbocycles. The Balaban J connectivity index is 1.51. The van der Waals surface area contributed by atoms with Crippen LogP contribution in [0.1, 0.15) is 28.9 Å². The number of aromatic nitrogens is 3. The van der Waals surface area contributed by atoms with Gasteiger partial charge in [-0.2, -0.15) is 5.10 Å². The van der Waals surface area contributed by atoms with Crippen molar-refractivity contribution < 1.29 is 14.0 Å². The maximum Gasteiger partial charge on any atom is 0.300 e. The molecule has 0 N–H and O–H groups in total. The van der Waals surface area contributed by atoms with Crippen LogP contribution < -0.4 is 4.90 Å². The number of Topliss-reactive ketones (excluding diaryl/α,β-unsaturated/α-hetero) is 1. The van der Waals surface area contributed by atoms with Crippen LogP contribution >= 0.6 is 0 Å². The molecular weight excluding hydrogens is 361 g/mol. The average Bonchev–Trinajstić information content (AvgIpc) is 3.32. The molecule has 1 atom stereocenters. The van der Waals surface area contributed by atoms with Crippen LogP contribution in [0.5, 0.6) is 0 Å². The smallest absolute Gasteiger partial charge is 0.291 e. The maximum atomic E-state index is 13.4. The molecule has 1 amide bonds. The lowest BCUT2D eigenvalue weighted by Crippen LogP contribution is -2.40. The minimum Gasteiger partial charge on any atom is -0.291 e. The van der Waals surface area contributed by atoms with Gasteiger partial charge in [-0.05, 0) is 49.9 Å². The molecule has 0 bridgehead atoms. The number of nitrogens with zero attached hydrogens (tertiary/aromatic N) is 5. The molecule has 0 aliphatic carbocycles. The molecule has 1 aliphatic heterocycles. The number of hydrogen-bond acceptors (Lipinski definition) is 5. The molecule has 1 aromatic heterocycles. The second-order valence-corrected chi connectivity index (χ2v) is 6.73. The number of rotatable bonds is 5. The standard InChI is InChI=1S/C20H18FN5O2/c1-13(14-3-6-16(7-4-14)26-11-22-10-23-26)24(2)12-25-18-8-5-15(21)9-17(18)19(27)20(25)28/h3-11,13H,12H2,1-2H3/t13-/m0/s1. The zero-order chi connectivity index (χ0) is 19.8. The molecule has 1 aliphatic rings. The summed E-state index contributed by atoms with van der Waals surface area (Å²) >= 11 is 0. The summed E-state index contributed by atoms with van der Waals surface area (Å²) < 4.78 is 15.1. The number of hydrogen-bond donors (Lipinski definition) is 0. The first kappa shape index (κ1) is 18.0. The maximum absolute atomic E-state index is 13.4. The summed E-state index contributed by atoms with van der Waals surface area (Å²) in [5.41, 5.74) is 2.50. The van der Waals surface area contributed by atoms with Gasteiger partial charge in [0.2, 0.25) is 0 Å². The van der Waals surface area contributed by atoms with Crippen molar-refractivity contribution >= 4 is 17.4 Å². The second-order valence-electron chi connectivity index (χ2n) is 6.73. The van der Waals surface area contributed by atoms with Crippen LogP contribution in [0.2, 0.25) is 0 Å². The van der Waals surface area contributed by atoms with Crippen LogP contribution in [-0.2, 0) is 4.79 Å². The highest BCUT2D eigenvalue weighted by molar-refractivity contribution is 6.52. The van der Waals surface area contributed by atoms with E-state index in [-0.39, 0.29) is 18.3 Å². The number of carbonyl (C=O) groups excluding carboxylic acids is 2. The third kappa shape index (κ3) is 3.07. The molecule has 4 rings (SSSR count). The Labute approximate surface area is 161 Å². The molecule has 2 heterocycles. The molecule has 0 spiro atoms. The Morgan fingerprint density at radius 2 is 1.89 bits per heavy atom. The number of halogens is 1. The van der Waals surface area contributed by atoms with Crippen LogP contribution in [0.15, 0.2) is 55.1 Å². The van der Waals surface area contributed by atoms with Crippen LogP contribution in [-0.4, -0.2) is 45.1 Å². The minimum atomic E-state index is -0.673. The number of benzene rings is 2. The van der Waals surface area contributed by atoms with E-state index in [2.05, 4.69) is 10.1 Å². The van der Waals surface area contributed by atoms with E-state index in [0.717, 1.165) is 17.3 Å². The Hall–Kier alpha value is -3.39. The second kappa shape index (κ2) is 6.97. The van der Waals surface area contributed by atoms with E-state index < -0.39 is 17.5 Å². The lowest BCUT2D eigenvalue weighted by molar-refractivity contribution is -0.114. The van der Waals surface area contributed by atoms with Gasteiger partial charge >= 0.3 is 5.91 Å². The molecule has 142 valence electrons. The minimum absolute atomic E-state index is 0.0165. The summed E-state index contributed by atoms with van der Waals surface area (Å²) in [6.45, 7) is 2.23. The molecule has 8 heteroatoms. The van der Waals surface area contributed by atoms with Crippen molar-refractivity contribution in [2.75, 3.05) is 18.6 Å². The fraction of sp³-hybridized carbons (Fsp3) is 0.200. The van der Waals surface area contributed by atoms with Gasteiger partial charge in [-0.3, -0.25) is 19.4 Å². The fourth-order valence-corrected chi connectivity index (χ4v) is 3.26. The van der Waals surface area contributed by atoms with Gasteiger partial charge in [0.25, 0.3) is 5.78 Å². The van der Waals surface area contributed by atoms with E-state index in [4.69, 9.17) is 0 Å². The average molecular weight is 379 g/mol. The first-order valence-corrected chi connectivity index (χ1v) is 8.76. The van der Waals surface area contributed by atoms with Crippen molar-refractivity contribution in [2.24, 2.45) is 0 Å². The van der Waals surface area contributed by atoms with Crippen molar-refractivity contribution in [3.63, 3.8) is 0 Å². The monoisotopic (exact) mass is 379 g/mol. The third-order valence-corrected chi connectivity index (χ3v) is 5.02. The lowest BCUT2D eigenvalue weighted by Gasteiger charge is -2.29. The Morgan fingerprint density at radius 3 is 2.57 bits per heavy atom. The number of carbonyl (C=O) groups is 2. The van der Waals surface area contributed by atoms with Crippen molar-refractivity contribution in [2.45, 2.75) is 13.0 Å². The summed E-state index contributed by atoms with van der Waals surface area (Å²) in [5.74, 6) is -1.84. The van der Waals surface area contributed by atoms with Gasteiger partial charge in [0.05, 0.1) is 23.6 Å². The van der Waals surface area contributed by atoms with E-state index in [9.17, 15) is 14.0 Å². The summed E-state index contributed by atoms with van der Waals surface area (Å²) in [5, 5.41) is 4.10. The van der Waals surface area contributed by atoms with Gasteiger partial charge in [-0.25, -0.2) is 14.1 Å². The summed E-state index contributed by atoms with van der Waals surface area (Å²) in [6, 6.07) is 11.7. The Morgan fingerprint density at radius 1 is 1.14 bits per heavy atom. The lowest BCUT2D eigenvalue weighted by atomic mass is 10.1. The highest BCUT2D eigenvalue weighted by Gasteiger charge is 2.37. The van der Waals surface area contributed by atoms with E-state index in [0.29, 0.717) is 5.69 Å². The molecule has 0 fully saturated rings. The number of fused-ring (bicyclic) bond motifs is 1. The molecule has 28 heavy (non-hydrogen) atoms.